The molecule has 2 aromatic heterocycles. The second-order valence-electron chi connectivity index (χ2n) is 3.77. The summed E-state index contributed by atoms with van der Waals surface area (Å²) in [4.78, 5) is 22.6. The number of nitrogens with zero attached hydrogens (tertiary/aromatic N) is 4. The van der Waals surface area contributed by atoms with E-state index in [4.69, 9.17) is 0 Å². The molecule has 0 aliphatic heterocycles. The van der Waals surface area contributed by atoms with Crippen LogP contribution in [0.15, 0.2) is 29.5 Å². The van der Waals surface area contributed by atoms with Gasteiger partial charge in [0, 0.05) is 6.20 Å². The van der Waals surface area contributed by atoms with E-state index in [2.05, 4.69) is 15.0 Å². The molecule has 0 amide bonds. The first-order valence-electron chi connectivity index (χ1n) is 5.34. The molecule has 2 aromatic rings. The van der Waals surface area contributed by atoms with Crippen molar-refractivity contribution in [1.82, 2.24) is 24.9 Å². The average Bonchev–Trinajstić information content (AvgIpc) is 2.37. The van der Waals surface area contributed by atoms with E-state index in [1.807, 2.05) is 6.92 Å². The molecule has 0 aromatic carbocycles. The number of hydrogen-bond donors (Lipinski definition) is 2. The van der Waals surface area contributed by atoms with Gasteiger partial charge < -0.3 is 0 Å². The standard InChI is InChI=1S/C10H9F3N6O/c1-6-2-3-7(14-4-6)19-5-15-8(16-9(19)20)17-18-10(11,12)13/h2-5,18H,1H3,(H,16,17,20). The third kappa shape index (κ3) is 3.51. The highest BCUT2D eigenvalue weighted by Crippen LogP contribution is 2.09. The number of aromatic nitrogens is 4. The van der Waals surface area contributed by atoms with Gasteiger partial charge in [0.25, 0.3) is 0 Å². The van der Waals surface area contributed by atoms with Crippen LogP contribution in [0, 0.1) is 6.92 Å². The predicted molar refractivity (Wildman–Crippen MR) is 63.0 cm³/mol. The van der Waals surface area contributed by atoms with Gasteiger partial charge in [0.2, 0.25) is 5.95 Å². The Hall–Kier alpha value is -2.49. The molecule has 0 spiro atoms. The minimum absolute atomic E-state index is 0.274. The van der Waals surface area contributed by atoms with E-state index in [1.165, 1.54) is 0 Å². The van der Waals surface area contributed by atoms with Crippen LogP contribution in [0.2, 0.25) is 0 Å². The third-order valence-electron chi connectivity index (χ3n) is 2.16. The Labute approximate surface area is 110 Å². The number of halogens is 3. The average molecular weight is 286 g/mol. The van der Waals surface area contributed by atoms with Crippen LogP contribution < -0.4 is 16.5 Å². The molecule has 0 aliphatic carbocycles. The minimum atomic E-state index is -4.66. The summed E-state index contributed by atoms with van der Waals surface area (Å²) < 4.78 is 36.7. The number of nitrogens with one attached hydrogen (secondary N) is 2. The van der Waals surface area contributed by atoms with Crippen molar-refractivity contribution < 1.29 is 13.2 Å². The van der Waals surface area contributed by atoms with Gasteiger partial charge in [0.15, 0.2) is 0 Å². The van der Waals surface area contributed by atoms with Crippen LogP contribution in [0.25, 0.3) is 5.82 Å². The van der Waals surface area contributed by atoms with Crippen LogP contribution in [0.3, 0.4) is 0 Å². The van der Waals surface area contributed by atoms with Crippen molar-refractivity contribution in [2.24, 2.45) is 0 Å². The summed E-state index contributed by atoms with van der Waals surface area (Å²) in [6.45, 7) is 1.83. The first-order valence-corrected chi connectivity index (χ1v) is 5.34. The normalized spacial score (nSPS) is 11.4. The second kappa shape index (κ2) is 5.25. The molecule has 0 saturated carbocycles. The molecule has 0 radical (unpaired) electrons. The molecule has 106 valence electrons. The van der Waals surface area contributed by atoms with Gasteiger partial charge in [-0.1, -0.05) is 6.07 Å². The summed E-state index contributed by atoms with van der Waals surface area (Å²) in [5.41, 5.74) is 2.77. The number of hydrazine groups is 1. The zero-order chi connectivity index (χ0) is 14.8. The lowest BCUT2D eigenvalue weighted by Crippen LogP contribution is -2.38. The SMILES string of the molecule is Cc1ccc(-n2cnc(NNC(F)(F)F)nc2=O)nc1. The third-order valence-corrected chi connectivity index (χ3v) is 2.16. The maximum absolute atomic E-state index is 11.9. The number of hydrogen-bond acceptors (Lipinski definition) is 6. The van der Waals surface area contributed by atoms with E-state index in [9.17, 15) is 18.0 Å². The maximum Gasteiger partial charge on any atom is 0.474 e. The van der Waals surface area contributed by atoms with E-state index in [1.54, 1.807) is 23.8 Å². The van der Waals surface area contributed by atoms with E-state index >= 15 is 0 Å². The summed E-state index contributed by atoms with van der Waals surface area (Å²) in [5.74, 6) is -0.216. The highest BCUT2D eigenvalue weighted by Gasteiger charge is 2.27. The molecule has 2 N–H and O–H groups in total. The fourth-order valence-corrected chi connectivity index (χ4v) is 1.28. The topological polar surface area (TPSA) is 84.7 Å². The van der Waals surface area contributed by atoms with Crippen molar-refractivity contribution in [3.8, 4) is 5.82 Å². The molecule has 0 fully saturated rings. The molecule has 0 unspecified atom stereocenters. The molecule has 0 atom stereocenters. The van der Waals surface area contributed by atoms with Crippen LogP contribution in [0.4, 0.5) is 19.1 Å². The van der Waals surface area contributed by atoms with Gasteiger partial charge in [-0.15, -0.1) is 5.43 Å². The molecule has 7 nitrogen and oxygen atoms in total. The molecule has 0 aliphatic rings. The number of pyridine rings is 1. The van der Waals surface area contributed by atoms with Crippen LogP contribution >= 0.6 is 0 Å². The number of aryl methyl sites for hydroxylation is 1. The summed E-state index contributed by atoms with van der Waals surface area (Å²) in [5, 5.41) is 0. The fourth-order valence-electron chi connectivity index (χ4n) is 1.28. The van der Waals surface area contributed by atoms with Gasteiger partial charge in [0.1, 0.15) is 12.1 Å². The van der Waals surface area contributed by atoms with Crippen molar-refractivity contribution in [1.29, 1.82) is 0 Å². The van der Waals surface area contributed by atoms with Crippen LogP contribution in [-0.4, -0.2) is 25.8 Å². The monoisotopic (exact) mass is 286 g/mol. The summed E-state index contributed by atoms with van der Waals surface area (Å²) in [6, 6.07) is 3.30. The van der Waals surface area contributed by atoms with Gasteiger partial charge in [0.05, 0.1) is 0 Å². The van der Waals surface area contributed by atoms with Crippen molar-refractivity contribution in [2.45, 2.75) is 13.2 Å². The second-order valence-corrected chi connectivity index (χ2v) is 3.77. The molecule has 20 heavy (non-hydrogen) atoms. The van der Waals surface area contributed by atoms with E-state index < -0.39 is 17.9 Å². The van der Waals surface area contributed by atoms with Gasteiger partial charge in [-0.25, -0.2) is 19.3 Å². The summed E-state index contributed by atoms with van der Waals surface area (Å²) >= 11 is 0. The zero-order valence-electron chi connectivity index (χ0n) is 10.1. The molecule has 0 bridgehead atoms. The van der Waals surface area contributed by atoms with Gasteiger partial charge in [-0.3, -0.25) is 5.43 Å². The zero-order valence-corrected chi connectivity index (χ0v) is 10.1. The lowest BCUT2D eigenvalue weighted by molar-refractivity contribution is -0.151. The van der Waals surface area contributed by atoms with Crippen LogP contribution in [0.5, 0.6) is 0 Å². The Morgan fingerprint density at radius 1 is 1.25 bits per heavy atom. The Kier molecular flexibility index (Phi) is 3.66. The predicted octanol–water partition coefficient (Wildman–Crippen LogP) is 0.767. The van der Waals surface area contributed by atoms with Crippen molar-refractivity contribution in [3.63, 3.8) is 0 Å². The van der Waals surface area contributed by atoms with Gasteiger partial charge in [-0.2, -0.15) is 18.2 Å². The lowest BCUT2D eigenvalue weighted by atomic mass is 10.3. The molecule has 2 rings (SSSR count). The largest absolute Gasteiger partial charge is 0.474 e. The van der Waals surface area contributed by atoms with Gasteiger partial charge in [-0.05, 0) is 18.6 Å². The maximum atomic E-state index is 11.9. The summed E-state index contributed by atoms with van der Waals surface area (Å²) in [6.07, 6.45) is -2.08. The molecule has 0 saturated heterocycles. The molecular weight excluding hydrogens is 277 g/mol. The smallest absolute Gasteiger partial charge is 0.282 e. The first kappa shape index (κ1) is 13.9. The number of anilines is 1. The number of alkyl halides is 3. The lowest BCUT2D eigenvalue weighted by Gasteiger charge is -2.09. The highest BCUT2D eigenvalue weighted by molar-refractivity contribution is 5.26. The molecule has 10 heteroatoms. The Morgan fingerprint density at radius 2 is 2.00 bits per heavy atom. The van der Waals surface area contributed by atoms with E-state index in [0.717, 1.165) is 21.9 Å². The molecular formula is C10H9F3N6O. The Morgan fingerprint density at radius 3 is 2.55 bits per heavy atom. The van der Waals surface area contributed by atoms with Crippen molar-refractivity contribution in [2.75, 3.05) is 5.43 Å². The fraction of sp³-hybridized carbons (Fsp3) is 0.200. The quantitative estimate of drug-likeness (QED) is 0.640. The van der Waals surface area contributed by atoms with Crippen LogP contribution in [0.1, 0.15) is 5.56 Å². The Bertz CT molecular complexity index is 651. The van der Waals surface area contributed by atoms with Crippen molar-refractivity contribution in [3.05, 3.63) is 40.7 Å². The van der Waals surface area contributed by atoms with Crippen LogP contribution in [-0.2, 0) is 0 Å². The Balaban J connectivity index is 2.22. The van der Waals surface area contributed by atoms with Gasteiger partial charge >= 0.3 is 12.0 Å². The van der Waals surface area contributed by atoms with E-state index in [0.29, 0.717) is 0 Å². The highest BCUT2D eigenvalue weighted by atomic mass is 19.4. The van der Waals surface area contributed by atoms with Crippen molar-refractivity contribution >= 4 is 5.95 Å². The first-order chi connectivity index (χ1) is 9.35. The van der Waals surface area contributed by atoms with E-state index in [-0.39, 0.29) is 5.82 Å². The minimum Gasteiger partial charge on any atom is -0.282 e. The molecule has 2 heterocycles. The summed E-state index contributed by atoms with van der Waals surface area (Å²) in [7, 11) is 0. The number of rotatable bonds is 3.